The van der Waals surface area contributed by atoms with Gasteiger partial charge in [0, 0.05) is 37.2 Å². The van der Waals surface area contributed by atoms with Gasteiger partial charge < -0.3 is 9.47 Å². The Kier molecular flexibility index (Phi) is 2.67. The molecule has 3 nitrogen and oxygen atoms in total. The number of para-hydroxylation sites is 1. The number of hydrogen-bond donors (Lipinski definition) is 0. The molecule has 0 unspecified atom stereocenters. The quantitative estimate of drug-likeness (QED) is 0.769. The summed E-state index contributed by atoms with van der Waals surface area (Å²) >= 11 is 0. The van der Waals surface area contributed by atoms with Crippen molar-refractivity contribution in [2.75, 3.05) is 18.0 Å². The van der Waals surface area contributed by atoms with Crippen molar-refractivity contribution >= 4 is 11.5 Å². The maximum Gasteiger partial charge on any atom is 0.183 e. The van der Waals surface area contributed by atoms with Crippen LogP contribution in [0.5, 0.6) is 0 Å². The first-order valence-corrected chi connectivity index (χ1v) is 6.22. The van der Waals surface area contributed by atoms with Crippen LogP contribution in [-0.4, -0.2) is 23.4 Å². The number of aryl methyl sites for hydroxylation is 1. The van der Waals surface area contributed by atoms with Crippen LogP contribution in [0.25, 0.3) is 0 Å². The summed E-state index contributed by atoms with van der Waals surface area (Å²) in [5.74, 6) is 0.187. The molecule has 2 aromatic rings. The molecule has 0 N–H and O–H groups in total. The molecule has 1 aliphatic heterocycles. The molecular weight excluding hydrogens is 224 g/mol. The van der Waals surface area contributed by atoms with E-state index in [1.807, 2.05) is 36.1 Å². The van der Waals surface area contributed by atoms with Gasteiger partial charge >= 0.3 is 0 Å². The Balaban J connectivity index is 1.77. The normalized spacial score (nSPS) is 13.7. The molecule has 0 amide bonds. The fraction of sp³-hybridized carbons (Fsp3) is 0.267. The minimum Gasteiger partial charge on any atom is -0.363 e. The fourth-order valence-electron chi connectivity index (χ4n) is 2.50. The van der Waals surface area contributed by atoms with E-state index in [-0.39, 0.29) is 5.78 Å². The molecule has 0 spiro atoms. The summed E-state index contributed by atoms with van der Waals surface area (Å²) in [4.78, 5) is 14.3. The van der Waals surface area contributed by atoms with E-state index >= 15 is 0 Å². The Morgan fingerprint density at radius 1 is 1.28 bits per heavy atom. The number of fused-ring (bicyclic) bond motifs is 1. The lowest BCUT2D eigenvalue weighted by molar-refractivity contribution is 0.0999. The van der Waals surface area contributed by atoms with Crippen LogP contribution >= 0.6 is 0 Å². The van der Waals surface area contributed by atoms with Crippen molar-refractivity contribution < 1.29 is 4.79 Å². The maximum absolute atomic E-state index is 12.2. The average molecular weight is 240 g/mol. The SMILES string of the molecule is Cn1ccc(C(=O)CN2CCc3ccccc32)c1. The van der Waals surface area contributed by atoms with E-state index < -0.39 is 0 Å². The first-order valence-electron chi connectivity index (χ1n) is 6.22. The summed E-state index contributed by atoms with van der Waals surface area (Å²) in [5.41, 5.74) is 3.35. The van der Waals surface area contributed by atoms with E-state index in [1.54, 1.807) is 0 Å². The number of rotatable bonds is 3. The number of anilines is 1. The second-order valence-electron chi connectivity index (χ2n) is 4.79. The number of carbonyl (C=O) groups excluding carboxylic acids is 1. The Morgan fingerprint density at radius 3 is 2.89 bits per heavy atom. The molecule has 1 aromatic carbocycles. The minimum atomic E-state index is 0.187. The number of hydrogen-bond acceptors (Lipinski definition) is 2. The van der Waals surface area contributed by atoms with Gasteiger partial charge in [-0.3, -0.25) is 4.79 Å². The van der Waals surface area contributed by atoms with Crippen molar-refractivity contribution in [3.63, 3.8) is 0 Å². The lowest BCUT2D eigenvalue weighted by Crippen LogP contribution is -2.27. The molecule has 1 aliphatic rings. The zero-order chi connectivity index (χ0) is 12.5. The number of carbonyl (C=O) groups is 1. The number of Topliss-reactive ketones (excluding diaryl/α,β-unsaturated/α-hetero) is 1. The highest BCUT2D eigenvalue weighted by Gasteiger charge is 2.21. The lowest BCUT2D eigenvalue weighted by Gasteiger charge is -2.17. The van der Waals surface area contributed by atoms with Crippen LogP contribution in [0.2, 0.25) is 0 Å². The Morgan fingerprint density at radius 2 is 2.11 bits per heavy atom. The summed E-state index contributed by atoms with van der Waals surface area (Å²) in [6.45, 7) is 1.42. The maximum atomic E-state index is 12.2. The number of aromatic nitrogens is 1. The molecule has 0 bridgehead atoms. The fourth-order valence-corrected chi connectivity index (χ4v) is 2.50. The molecule has 3 heteroatoms. The monoisotopic (exact) mass is 240 g/mol. The lowest BCUT2D eigenvalue weighted by atomic mass is 10.2. The summed E-state index contributed by atoms with van der Waals surface area (Å²) < 4.78 is 1.91. The number of benzene rings is 1. The van der Waals surface area contributed by atoms with Gasteiger partial charge in [0.15, 0.2) is 5.78 Å². The second kappa shape index (κ2) is 4.33. The zero-order valence-electron chi connectivity index (χ0n) is 10.5. The topological polar surface area (TPSA) is 25.2 Å². The summed E-state index contributed by atoms with van der Waals surface area (Å²) in [5, 5.41) is 0. The molecule has 1 aromatic heterocycles. The predicted molar refractivity (Wildman–Crippen MR) is 72.1 cm³/mol. The molecular formula is C15H16N2O. The molecule has 3 rings (SSSR count). The van der Waals surface area contributed by atoms with Crippen LogP contribution < -0.4 is 4.90 Å². The number of nitrogens with zero attached hydrogens (tertiary/aromatic N) is 2. The van der Waals surface area contributed by atoms with Crippen molar-refractivity contribution in [1.29, 1.82) is 0 Å². The molecule has 18 heavy (non-hydrogen) atoms. The van der Waals surface area contributed by atoms with Crippen molar-refractivity contribution in [2.45, 2.75) is 6.42 Å². The molecule has 0 saturated carbocycles. The van der Waals surface area contributed by atoms with Crippen LogP contribution in [-0.2, 0) is 13.5 Å². The molecule has 0 saturated heterocycles. The average Bonchev–Trinajstić information content (AvgIpc) is 2.97. The van der Waals surface area contributed by atoms with Crippen molar-refractivity contribution in [3.8, 4) is 0 Å². The standard InChI is InChI=1S/C15H16N2O/c1-16-8-6-13(10-16)15(18)11-17-9-7-12-4-2-3-5-14(12)17/h2-6,8,10H,7,9,11H2,1H3. The summed E-state index contributed by atoms with van der Waals surface area (Å²) in [6, 6.07) is 10.2. The largest absolute Gasteiger partial charge is 0.363 e. The van der Waals surface area contributed by atoms with Crippen LogP contribution in [0.3, 0.4) is 0 Å². The van der Waals surface area contributed by atoms with Crippen LogP contribution in [0.15, 0.2) is 42.7 Å². The van der Waals surface area contributed by atoms with E-state index in [2.05, 4.69) is 23.1 Å². The van der Waals surface area contributed by atoms with E-state index in [1.165, 1.54) is 11.3 Å². The molecule has 0 fully saturated rings. The summed E-state index contributed by atoms with van der Waals surface area (Å²) in [7, 11) is 1.93. The smallest absolute Gasteiger partial charge is 0.183 e. The zero-order valence-corrected chi connectivity index (χ0v) is 10.5. The van der Waals surface area contributed by atoms with Gasteiger partial charge in [-0.1, -0.05) is 18.2 Å². The van der Waals surface area contributed by atoms with E-state index in [9.17, 15) is 4.79 Å². The Labute approximate surface area is 107 Å². The molecule has 2 heterocycles. The Hall–Kier alpha value is -2.03. The first-order chi connectivity index (χ1) is 8.74. The highest BCUT2D eigenvalue weighted by Crippen LogP contribution is 2.27. The third-order valence-electron chi connectivity index (χ3n) is 3.47. The Bertz CT molecular complexity index is 586. The molecule has 0 atom stereocenters. The second-order valence-corrected chi connectivity index (χ2v) is 4.79. The third kappa shape index (κ3) is 1.92. The van der Waals surface area contributed by atoms with Gasteiger partial charge in [-0.05, 0) is 24.1 Å². The number of ketones is 1. The predicted octanol–water partition coefficient (Wildman–Crippen LogP) is 2.27. The summed E-state index contributed by atoms with van der Waals surface area (Å²) in [6.07, 6.45) is 4.83. The van der Waals surface area contributed by atoms with Gasteiger partial charge in [0.05, 0.1) is 6.54 Å². The van der Waals surface area contributed by atoms with Gasteiger partial charge in [0.25, 0.3) is 0 Å². The van der Waals surface area contributed by atoms with Gasteiger partial charge in [-0.2, -0.15) is 0 Å². The van der Waals surface area contributed by atoms with Gasteiger partial charge in [-0.25, -0.2) is 0 Å². The highest BCUT2D eigenvalue weighted by atomic mass is 16.1. The first kappa shape index (κ1) is 11.1. The van der Waals surface area contributed by atoms with Gasteiger partial charge in [0.1, 0.15) is 0 Å². The van der Waals surface area contributed by atoms with Gasteiger partial charge in [-0.15, -0.1) is 0 Å². The van der Waals surface area contributed by atoms with E-state index in [4.69, 9.17) is 0 Å². The molecule has 0 aliphatic carbocycles. The van der Waals surface area contributed by atoms with Gasteiger partial charge in [0.2, 0.25) is 0 Å². The van der Waals surface area contributed by atoms with Crippen molar-refractivity contribution in [2.24, 2.45) is 7.05 Å². The molecule has 92 valence electrons. The van der Waals surface area contributed by atoms with Crippen LogP contribution in [0.4, 0.5) is 5.69 Å². The molecule has 0 radical (unpaired) electrons. The van der Waals surface area contributed by atoms with Crippen LogP contribution in [0.1, 0.15) is 15.9 Å². The third-order valence-corrected chi connectivity index (χ3v) is 3.47. The van der Waals surface area contributed by atoms with Crippen LogP contribution in [0, 0.1) is 0 Å². The minimum absolute atomic E-state index is 0.187. The highest BCUT2D eigenvalue weighted by molar-refractivity contribution is 5.99. The van der Waals surface area contributed by atoms with E-state index in [0.717, 1.165) is 18.5 Å². The van der Waals surface area contributed by atoms with Crippen molar-refractivity contribution in [3.05, 3.63) is 53.9 Å². The van der Waals surface area contributed by atoms with Crippen molar-refractivity contribution in [1.82, 2.24) is 4.57 Å². The van der Waals surface area contributed by atoms with E-state index in [0.29, 0.717) is 6.54 Å².